The molecular weight excluding hydrogens is 346 g/mol. The van der Waals surface area contributed by atoms with Crippen molar-refractivity contribution < 1.29 is 23.7 Å². The minimum absolute atomic E-state index is 0.267. The summed E-state index contributed by atoms with van der Waals surface area (Å²) >= 11 is 0. The fourth-order valence-corrected chi connectivity index (χ4v) is 2.89. The number of carbonyl (C=O) groups excluding carboxylic acids is 1. The zero-order valence-corrected chi connectivity index (χ0v) is 15.7. The molecule has 6 nitrogen and oxygen atoms in total. The molecule has 0 bridgehead atoms. The lowest BCUT2D eigenvalue weighted by Gasteiger charge is -2.29. The van der Waals surface area contributed by atoms with Crippen molar-refractivity contribution in [2.75, 3.05) is 33.9 Å². The maximum Gasteiger partial charge on any atom is 0.410 e. The zero-order chi connectivity index (χ0) is 19.1. The van der Waals surface area contributed by atoms with Crippen LogP contribution in [0.3, 0.4) is 0 Å². The van der Waals surface area contributed by atoms with Crippen LogP contribution in [0.25, 0.3) is 0 Å². The van der Waals surface area contributed by atoms with Gasteiger partial charge in [0.05, 0.1) is 20.3 Å². The van der Waals surface area contributed by atoms with E-state index < -0.39 is 0 Å². The van der Waals surface area contributed by atoms with Crippen LogP contribution in [0.4, 0.5) is 4.79 Å². The third-order valence-electron chi connectivity index (χ3n) is 4.44. The highest BCUT2D eigenvalue weighted by Gasteiger charge is 2.26. The van der Waals surface area contributed by atoms with Crippen LogP contribution in [0.2, 0.25) is 0 Å². The molecule has 0 radical (unpaired) electrons. The van der Waals surface area contributed by atoms with E-state index in [1.165, 1.54) is 0 Å². The quantitative estimate of drug-likeness (QED) is 0.661. The molecule has 1 heterocycles. The van der Waals surface area contributed by atoms with Gasteiger partial charge in [-0.05, 0) is 23.3 Å². The Morgan fingerprint density at radius 3 is 2.67 bits per heavy atom. The van der Waals surface area contributed by atoms with E-state index in [0.717, 1.165) is 17.5 Å². The molecule has 0 aliphatic carbocycles. The first kappa shape index (κ1) is 19.0. The number of ether oxygens (including phenoxy) is 4. The van der Waals surface area contributed by atoms with Crippen molar-refractivity contribution in [3.05, 3.63) is 59.7 Å². The summed E-state index contributed by atoms with van der Waals surface area (Å²) in [7, 11) is 3.33. The Labute approximate surface area is 159 Å². The Hall–Kier alpha value is -2.73. The predicted molar refractivity (Wildman–Crippen MR) is 101 cm³/mol. The second-order valence-corrected chi connectivity index (χ2v) is 6.38. The number of cyclic esters (lactones) is 1. The highest BCUT2D eigenvalue weighted by molar-refractivity contribution is 5.68. The monoisotopic (exact) mass is 371 g/mol. The van der Waals surface area contributed by atoms with Gasteiger partial charge in [-0.15, -0.1) is 0 Å². The van der Waals surface area contributed by atoms with E-state index in [2.05, 4.69) is 0 Å². The molecule has 1 atom stereocenters. The second-order valence-electron chi connectivity index (χ2n) is 6.38. The van der Waals surface area contributed by atoms with E-state index in [4.69, 9.17) is 18.9 Å². The molecule has 1 aliphatic heterocycles. The molecule has 2 aromatic rings. The SMILES string of the molecule is COc1ccc(C2CCN(C)C(=O)O2)cc1OCCOCc1ccccc1. The van der Waals surface area contributed by atoms with Crippen molar-refractivity contribution in [2.45, 2.75) is 19.1 Å². The molecule has 1 aliphatic rings. The Morgan fingerprint density at radius 1 is 1.11 bits per heavy atom. The van der Waals surface area contributed by atoms with Crippen LogP contribution in [0.5, 0.6) is 11.5 Å². The largest absolute Gasteiger partial charge is 0.493 e. The van der Waals surface area contributed by atoms with Gasteiger partial charge in [0.1, 0.15) is 12.7 Å². The minimum Gasteiger partial charge on any atom is -0.493 e. The number of hydrogen-bond acceptors (Lipinski definition) is 5. The summed E-state index contributed by atoms with van der Waals surface area (Å²) in [4.78, 5) is 13.3. The Balaban J connectivity index is 1.55. The Bertz CT molecular complexity index is 749. The summed E-state index contributed by atoms with van der Waals surface area (Å²) in [5, 5.41) is 0. The molecule has 0 saturated carbocycles. The van der Waals surface area contributed by atoms with Gasteiger partial charge in [0.2, 0.25) is 0 Å². The first-order valence-corrected chi connectivity index (χ1v) is 9.01. The molecule has 0 N–H and O–H groups in total. The molecule has 0 aromatic heterocycles. The first-order valence-electron chi connectivity index (χ1n) is 9.01. The molecule has 1 amide bonds. The van der Waals surface area contributed by atoms with Crippen LogP contribution in [-0.2, 0) is 16.1 Å². The van der Waals surface area contributed by atoms with Crippen molar-refractivity contribution in [3.8, 4) is 11.5 Å². The van der Waals surface area contributed by atoms with E-state index >= 15 is 0 Å². The lowest BCUT2D eigenvalue weighted by Crippen LogP contribution is -2.35. The predicted octanol–water partition coefficient (Wildman–Crippen LogP) is 3.80. The average molecular weight is 371 g/mol. The maximum atomic E-state index is 11.8. The van der Waals surface area contributed by atoms with Gasteiger partial charge >= 0.3 is 6.09 Å². The number of amides is 1. The van der Waals surface area contributed by atoms with E-state index in [1.807, 2.05) is 48.5 Å². The summed E-state index contributed by atoms with van der Waals surface area (Å²) < 4.78 is 22.3. The smallest absolute Gasteiger partial charge is 0.410 e. The highest BCUT2D eigenvalue weighted by atomic mass is 16.6. The lowest BCUT2D eigenvalue weighted by molar-refractivity contribution is 0.0322. The third-order valence-corrected chi connectivity index (χ3v) is 4.44. The van der Waals surface area contributed by atoms with Crippen molar-refractivity contribution >= 4 is 6.09 Å². The van der Waals surface area contributed by atoms with Gasteiger partial charge in [-0.25, -0.2) is 4.79 Å². The number of nitrogens with zero attached hydrogens (tertiary/aromatic N) is 1. The highest BCUT2D eigenvalue weighted by Crippen LogP contribution is 2.34. The van der Waals surface area contributed by atoms with Crippen LogP contribution < -0.4 is 9.47 Å². The molecule has 3 rings (SSSR count). The molecule has 27 heavy (non-hydrogen) atoms. The van der Waals surface area contributed by atoms with Gasteiger partial charge in [-0.2, -0.15) is 0 Å². The molecule has 2 aromatic carbocycles. The van der Waals surface area contributed by atoms with Crippen LogP contribution >= 0.6 is 0 Å². The van der Waals surface area contributed by atoms with E-state index in [9.17, 15) is 4.79 Å². The van der Waals surface area contributed by atoms with Crippen molar-refractivity contribution in [3.63, 3.8) is 0 Å². The summed E-state index contributed by atoms with van der Waals surface area (Å²) in [5.74, 6) is 1.26. The summed E-state index contributed by atoms with van der Waals surface area (Å²) in [6.07, 6.45) is 0.170. The van der Waals surface area contributed by atoms with Gasteiger partial charge in [0.15, 0.2) is 11.5 Å². The Morgan fingerprint density at radius 2 is 1.93 bits per heavy atom. The van der Waals surface area contributed by atoms with Gasteiger partial charge in [0, 0.05) is 20.0 Å². The standard InChI is InChI=1S/C21H25NO5/c1-22-11-10-18(27-21(22)23)17-8-9-19(24-2)20(14-17)26-13-12-25-15-16-6-4-3-5-7-16/h3-9,14,18H,10-13,15H2,1-2H3. The van der Waals surface area contributed by atoms with Crippen molar-refractivity contribution in [1.29, 1.82) is 0 Å². The summed E-state index contributed by atoms with van der Waals surface area (Å²) in [5.41, 5.74) is 2.03. The minimum atomic E-state index is -0.307. The van der Waals surface area contributed by atoms with Crippen LogP contribution in [0, 0.1) is 0 Å². The van der Waals surface area contributed by atoms with Crippen LogP contribution in [-0.4, -0.2) is 44.9 Å². The fraction of sp³-hybridized carbons (Fsp3) is 0.381. The molecule has 1 unspecified atom stereocenters. The van der Waals surface area contributed by atoms with E-state index in [-0.39, 0.29) is 12.2 Å². The molecule has 1 fully saturated rings. The number of carbonyl (C=O) groups is 1. The summed E-state index contributed by atoms with van der Waals surface area (Å²) in [6, 6.07) is 15.6. The molecule has 1 saturated heterocycles. The number of hydrogen-bond donors (Lipinski definition) is 0. The number of rotatable bonds is 8. The van der Waals surface area contributed by atoms with Crippen molar-refractivity contribution in [1.82, 2.24) is 4.90 Å². The fourth-order valence-electron chi connectivity index (χ4n) is 2.89. The zero-order valence-electron chi connectivity index (χ0n) is 15.7. The topological polar surface area (TPSA) is 57.2 Å². The summed E-state index contributed by atoms with van der Waals surface area (Å²) in [6.45, 7) is 2.08. The molecule has 6 heteroatoms. The van der Waals surface area contributed by atoms with Crippen LogP contribution in [0.15, 0.2) is 48.5 Å². The molecule has 144 valence electrons. The first-order chi connectivity index (χ1) is 13.2. The lowest BCUT2D eigenvalue weighted by atomic mass is 10.0. The van der Waals surface area contributed by atoms with Gasteiger partial charge in [-0.1, -0.05) is 36.4 Å². The van der Waals surface area contributed by atoms with Gasteiger partial charge in [0.25, 0.3) is 0 Å². The maximum absolute atomic E-state index is 11.8. The second kappa shape index (κ2) is 9.28. The number of methoxy groups -OCH3 is 1. The van der Waals surface area contributed by atoms with Gasteiger partial charge in [-0.3, -0.25) is 0 Å². The average Bonchev–Trinajstić information content (AvgIpc) is 2.70. The third kappa shape index (κ3) is 5.14. The molecule has 0 spiro atoms. The normalized spacial score (nSPS) is 16.7. The molecular formula is C21H25NO5. The van der Waals surface area contributed by atoms with Gasteiger partial charge < -0.3 is 23.8 Å². The van der Waals surface area contributed by atoms with Crippen LogP contribution in [0.1, 0.15) is 23.7 Å². The van der Waals surface area contributed by atoms with Crippen molar-refractivity contribution in [2.24, 2.45) is 0 Å². The van der Waals surface area contributed by atoms with E-state index in [1.54, 1.807) is 19.1 Å². The van der Waals surface area contributed by atoms with E-state index in [0.29, 0.717) is 37.9 Å². The Kier molecular flexibility index (Phi) is 6.54. The number of benzene rings is 2.